The van der Waals surface area contributed by atoms with Crippen molar-refractivity contribution in [2.45, 2.75) is 39.0 Å². The molecule has 0 saturated carbocycles. The first-order chi connectivity index (χ1) is 15.5. The molecule has 0 aromatic heterocycles. The van der Waals surface area contributed by atoms with Crippen molar-refractivity contribution in [2.24, 2.45) is 0 Å². The maximum Gasteiger partial charge on any atom is 0.0159 e. The Hall–Kier alpha value is -3.38. The summed E-state index contributed by atoms with van der Waals surface area (Å²) in [5, 5.41) is 0. The largest absolute Gasteiger partial charge is 0.0836 e. The highest BCUT2D eigenvalue weighted by Gasteiger charge is 2.35. The zero-order chi connectivity index (χ0) is 21.9. The molecule has 0 radical (unpaired) electrons. The van der Waals surface area contributed by atoms with E-state index in [1.807, 2.05) is 0 Å². The van der Waals surface area contributed by atoms with Crippen molar-refractivity contribution in [3.63, 3.8) is 0 Å². The Kier molecular flexibility index (Phi) is 4.27. The van der Waals surface area contributed by atoms with E-state index in [0.29, 0.717) is 0 Å². The van der Waals surface area contributed by atoms with Crippen LogP contribution >= 0.6 is 0 Å². The maximum absolute atomic E-state index is 2.43. The monoisotopic (exact) mass is 412 g/mol. The second-order valence-corrected chi connectivity index (χ2v) is 9.87. The molecule has 0 amide bonds. The number of hydrogen-bond acceptors (Lipinski definition) is 0. The zero-order valence-corrected chi connectivity index (χ0v) is 19.1. The van der Waals surface area contributed by atoms with Gasteiger partial charge in [0.05, 0.1) is 0 Å². The van der Waals surface area contributed by atoms with Gasteiger partial charge >= 0.3 is 0 Å². The Morgan fingerprint density at radius 3 is 1.88 bits per heavy atom. The fraction of sp³-hybridized carbons (Fsp3) is 0.188. The Balaban J connectivity index is 1.43. The molecule has 156 valence electrons. The van der Waals surface area contributed by atoms with Gasteiger partial charge in [0.1, 0.15) is 0 Å². The second-order valence-electron chi connectivity index (χ2n) is 9.87. The van der Waals surface area contributed by atoms with Crippen molar-refractivity contribution in [3.05, 3.63) is 113 Å². The Morgan fingerprint density at radius 2 is 1.19 bits per heavy atom. The molecule has 0 nitrogen and oxygen atoms in total. The number of fused-ring (bicyclic) bond motifs is 4. The Bertz CT molecular complexity index is 1380. The fourth-order valence-corrected chi connectivity index (χ4v) is 5.45. The molecule has 0 N–H and O–H groups in total. The van der Waals surface area contributed by atoms with E-state index in [9.17, 15) is 0 Å². The molecule has 4 aromatic rings. The second kappa shape index (κ2) is 7.07. The maximum atomic E-state index is 2.43. The molecule has 0 aliphatic heterocycles. The van der Waals surface area contributed by atoms with E-state index in [2.05, 4.69) is 112 Å². The fourth-order valence-electron chi connectivity index (χ4n) is 5.45. The van der Waals surface area contributed by atoms with E-state index in [-0.39, 0.29) is 5.41 Å². The number of benzene rings is 4. The number of hydrogen-bond donors (Lipinski definition) is 0. The summed E-state index contributed by atoms with van der Waals surface area (Å²) in [6.45, 7) is 6.88. The molecule has 0 spiro atoms. The van der Waals surface area contributed by atoms with Gasteiger partial charge in [-0.1, -0.05) is 92.2 Å². The summed E-state index contributed by atoms with van der Waals surface area (Å²) in [5.74, 6) is 0. The summed E-state index contributed by atoms with van der Waals surface area (Å²) in [6, 6.07) is 29.9. The summed E-state index contributed by atoms with van der Waals surface area (Å²) in [7, 11) is 0. The van der Waals surface area contributed by atoms with Gasteiger partial charge in [0.2, 0.25) is 0 Å². The van der Waals surface area contributed by atoms with E-state index in [1.165, 1.54) is 61.2 Å². The molecule has 0 heteroatoms. The molecule has 0 heterocycles. The number of rotatable bonds is 2. The highest BCUT2D eigenvalue weighted by molar-refractivity contribution is 5.86. The van der Waals surface area contributed by atoms with E-state index >= 15 is 0 Å². The van der Waals surface area contributed by atoms with Crippen LogP contribution in [0.3, 0.4) is 0 Å². The zero-order valence-electron chi connectivity index (χ0n) is 19.1. The molecule has 2 aliphatic rings. The minimum atomic E-state index is -0.0184. The van der Waals surface area contributed by atoms with Crippen LogP contribution in [-0.4, -0.2) is 0 Å². The van der Waals surface area contributed by atoms with Gasteiger partial charge in [0.15, 0.2) is 0 Å². The minimum absolute atomic E-state index is 0.0184. The summed E-state index contributed by atoms with van der Waals surface area (Å²) in [5.41, 5.74) is 14.9. The summed E-state index contributed by atoms with van der Waals surface area (Å²) in [6.07, 6.45) is 6.88. The van der Waals surface area contributed by atoms with Crippen molar-refractivity contribution >= 4 is 6.08 Å². The molecular weight excluding hydrogens is 384 g/mol. The predicted octanol–water partition coefficient (Wildman–Crippen LogP) is 8.59. The first kappa shape index (κ1) is 19.3. The molecule has 2 aliphatic carbocycles. The Labute approximate surface area is 191 Å². The SMILES string of the molecule is Cc1ccc(-c2ccc3c(c2)C(C)(C)c2cc(-c4ccc5c(c4)C=CCC5)ccc2-3)cc1. The quantitative estimate of drug-likeness (QED) is 0.309. The van der Waals surface area contributed by atoms with Crippen LogP contribution < -0.4 is 0 Å². The lowest BCUT2D eigenvalue weighted by atomic mass is 9.80. The van der Waals surface area contributed by atoms with Crippen LogP contribution in [0.4, 0.5) is 0 Å². The van der Waals surface area contributed by atoms with Gasteiger partial charge in [-0.05, 0) is 93.6 Å². The third kappa shape index (κ3) is 2.98. The van der Waals surface area contributed by atoms with Crippen LogP contribution in [0.25, 0.3) is 39.5 Å². The Morgan fingerprint density at radius 1 is 0.625 bits per heavy atom. The van der Waals surface area contributed by atoms with Gasteiger partial charge in [-0.3, -0.25) is 0 Å². The predicted molar refractivity (Wildman–Crippen MR) is 137 cm³/mol. The highest BCUT2D eigenvalue weighted by Crippen LogP contribution is 2.50. The normalized spacial score (nSPS) is 15.2. The van der Waals surface area contributed by atoms with Crippen molar-refractivity contribution in [2.75, 3.05) is 0 Å². The first-order valence-electron chi connectivity index (χ1n) is 11.7. The van der Waals surface area contributed by atoms with Crippen LogP contribution in [0.5, 0.6) is 0 Å². The lowest BCUT2D eigenvalue weighted by Crippen LogP contribution is -2.15. The van der Waals surface area contributed by atoms with Gasteiger partial charge in [-0.15, -0.1) is 0 Å². The lowest BCUT2D eigenvalue weighted by Gasteiger charge is -2.23. The molecule has 6 rings (SSSR count). The molecule has 4 aromatic carbocycles. The average molecular weight is 413 g/mol. The highest BCUT2D eigenvalue weighted by atomic mass is 14.4. The first-order valence-corrected chi connectivity index (χ1v) is 11.7. The molecule has 0 atom stereocenters. The topological polar surface area (TPSA) is 0 Å². The van der Waals surface area contributed by atoms with Crippen LogP contribution in [0.15, 0.2) is 84.9 Å². The minimum Gasteiger partial charge on any atom is -0.0836 e. The van der Waals surface area contributed by atoms with E-state index < -0.39 is 0 Å². The van der Waals surface area contributed by atoms with E-state index in [4.69, 9.17) is 0 Å². The van der Waals surface area contributed by atoms with Crippen LogP contribution in [0.2, 0.25) is 0 Å². The van der Waals surface area contributed by atoms with Gasteiger partial charge in [-0.2, -0.15) is 0 Å². The van der Waals surface area contributed by atoms with Gasteiger partial charge < -0.3 is 0 Å². The summed E-state index contributed by atoms with van der Waals surface area (Å²) < 4.78 is 0. The van der Waals surface area contributed by atoms with Crippen LogP contribution in [0.1, 0.15) is 48.1 Å². The molecular formula is C32H28. The number of aryl methyl sites for hydroxylation is 2. The van der Waals surface area contributed by atoms with Crippen molar-refractivity contribution in [1.29, 1.82) is 0 Å². The standard InChI is InChI=1S/C32H28/c1-21-8-10-23(11-9-21)26-14-16-28-29-17-15-27(20-31(29)32(2,3)30(28)19-26)25-13-12-22-6-4-5-7-24(22)18-25/h5,7-20H,4,6H2,1-3H3. The molecule has 0 unspecified atom stereocenters. The van der Waals surface area contributed by atoms with Crippen LogP contribution in [-0.2, 0) is 11.8 Å². The van der Waals surface area contributed by atoms with Crippen molar-refractivity contribution in [1.82, 2.24) is 0 Å². The summed E-state index contributed by atoms with van der Waals surface area (Å²) >= 11 is 0. The third-order valence-corrected chi connectivity index (χ3v) is 7.42. The summed E-state index contributed by atoms with van der Waals surface area (Å²) in [4.78, 5) is 0. The van der Waals surface area contributed by atoms with Gasteiger partial charge in [0, 0.05) is 5.41 Å². The van der Waals surface area contributed by atoms with Gasteiger partial charge in [0.25, 0.3) is 0 Å². The van der Waals surface area contributed by atoms with E-state index in [1.54, 1.807) is 0 Å². The molecule has 0 saturated heterocycles. The average Bonchev–Trinajstić information content (AvgIpc) is 3.05. The van der Waals surface area contributed by atoms with Crippen molar-refractivity contribution in [3.8, 4) is 33.4 Å². The van der Waals surface area contributed by atoms with Gasteiger partial charge in [-0.25, -0.2) is 0 Å². The molecule has 32 heavy (non-hydrogen) atoms. The van der Waals surface area contributed by atoms with E-state index in [0.717, 1.165) is 12.8 Å². The number of allylic oxidation sites excluding steroid dienone is 1. The van der Waals surface area contributed by atoms with Crippen LogP contribution in [0, 0.1) is 6.92 Å². The van der Waals surface area contributed by atoms with Crippen molar-refractivity contribution < 1.29 is 0 Å². The third-order valence-electron chi connectivity index (χ3n) is 7.42. The molecule has 0 bridgehead atoms. The smallest absolute Gasteiger partial charge is 0.0159 e. The lowest BCUT2D eigenvalue weighted by molar-refractivity contribution is 0.661. The molecule has 0 fully saturated rings.